The second kappa shape index (κ2) is 28.4. The molecule has 0 fully saturated rings. The van der Waals surface area contributed by atoms with Gasteiger partial charge in [-0.25, -0.2) is 0 Å². The first-order chi connectivity index (χ1) is 59.0. The fourth-order valence-electron chi connectivity index (χ4n) is 19.4. The Morgan fingerprint density at radius 2 is 0.597 bits per heavy atom. The minimum atomic E-state index is -0.501. The van der Waals surface area contributed by atoms with Crippen LogP contribution in [0.2, 0.25) is 0 Å². The predicted octanol–water partition coefficient (Wildman–Crippen LogP) is 30.4. The van der Waals surface area contributed by atoms with E-state index >= 15 is 0 Å². The maximum atomic E-state index is 6.26. The molecule has 0 N–H and O–H groups in total. The van der Waals surface area contributed by atoms with Crippen LogP contribution in [0.25, 0.3) is 187 Å². The zero-order valence-electron chi connectivity index (χ0n) is 64.8. The van der Waals surface area contributed by atoms with Crippen LogP contribution < -0.4 is 4.90 Å². The Morgan fingerprint density at radius 3 is 1.14 bits per heavy atom. The third kappa shape index (κ3) is 11.4. The summed E-state index contributed by atoms with van der Waals surface area (Å²) in [6, 6.07) is 150. The quantitative estimate of drug-likeness (QED) is 0.128. The summed E-state index contributed by atoms with van der Waals surface area (Å²) in [6.45, 7) is 0. The second-order valence-corrected chi connectivity index (χ2v) is 31.2. The van der Waals surface area contributed by atoms with E-state index in [0.717, 1.165) is 66.8 Å². The van der Waals surface area contributed by atoms with E-state index in [1.54, 1.807) is 0 Å². The summed E-state index contributed by atoms with van der Waals surface area (Å²) >= 11 is 0. The number of hydrogen-bond acceptors (Lipinski definition) is 5. The van der Waals surface area contributed by atoms with Crippen molar-refractivity contribution in [1.82, 2.24) is 15.0 Å². The van der Waals surface area contributed by atoms with E-state index in [9.17, 15) is 0 Å². The van der Waals surface area contributed by atoms with Crippen molar-refractivity contribution >= 4 is 92.9 Å². The number of aromatic nitrogens is 3. The third-order valence-electron chi connectivity index (χ3n) is 24.7. The number of benzene rings is 18. The van der Waals surface area contributed by atoms with Gasteiger partial charge < -0.3 is 9.32 Å². The largest absolute Gasteiger partial charge is 0.456 e. The highest BCUT2D eigenvalue weighted by atomic mass is 16.3. The van der Waals surface area contributed by atoms with Gasteiger partial charge in [0, 0.05) is 63.5 Å². The molecule has 0 atom stereocenters. The molecule has 5 nitrogen and oxygen atoms in total. The molecule has 0 bridgehead atoms. The van der Waals surface area contributed by atoms with Gasteiger partial charge in [0.25, 0.3) is 0 Å². The Labute approximate surface area is 689 Å². The Bertz CT molecular complexity index is 7690. The van der Waals surface area contributed by atoms with Crippen LogP contribution in [0.1, 0.15) is 22.3 Å². The summed E-state index contributed by atoms with van der Waals surface area (Å²) in [6.07, 6.45) is 7.86. The molecule has 2 aliphatic rings. The van der Waals surface area contributed by atoms with Crippen molar-refractivity contribution in [3.05, 3.63) is 460 Å². The van der Waals surface area contributed by atoms with Gasteiger partial charge in [-0.3, -0.25) is 15.0 Å². The molecule has 1 aliphatic heterocycles. The molecule has 0 saturated carbocycles. The van der Waals surface area contributed by atoms with Gasteiger partial charge in [-0.05, 0) is 251 Å². The Kier molecular flexibility index (Phi) is 16.4. The minimum Gasteiger partial charge on any atom is -0.456 e. The van der Waals surface area contributed by atoms with E-state index in [0.29, 0.717) is 0 Å². The zero-order chi connectivity index (χ0) is 78.5. The van der Waals surface area contributed by atoms with Crippen molar-refractivity contribution in [1.29, 1.82) is 0 Å². The van der Waals surface area contributed by atoms with Crippen molar-refractivity contribution in [2.45, 2.75) is 5.41 Å². The van der Waals surface area contributed by atoms with Gasteiger partial charge in [0.1, 0.15) is 11.2 Å². The van der Waals surface area contributed by atoms with E-state index in [-0.39, 0.29) is 0 Å². The Balaban J connectivity index is 0.000000148. The van der Waals surface area contributed by atoms with Gasteiger partial charge >= 0.3 is 0 Å². The molecule has 119 heavy (non-hydrogen) atoms. The van der Waals surface area contributed by atoms with Gasteiger partial charge in [-0.1, -0.05) is 315 Å². The molecule has 5 heteroatoms. The molecule has 0 radical (unpaired) electrons. The van der Waals surface area contributed by atoms with Crippen LogP contribution in [0.3, 0.4) is 0 Å². The lowest BCUT2D eigenvalue weighted by molar-refractivity contribution is 0.669. The van der Waals surface area contributed by atoms with Crippen LogP contribution in [0, 0.1) is 0 Å². The molecule has 18 aromatic carbocycles. The molecule has 4 aromatic heterocycles. The van der Waals surface area contributed by atoms with Crippen LogP contribution in [-0.2, 0) is 5.41 Å². The molecule has 24 rings (SSSR count). The molecule has 0 unspecified atom stereocenters. The lowest BCUT2D eigenvalue weighted by Crippen LogP contribution is -2.36. The van der Waals surface area contributed by atoms with Crippen molar-refractivity contribution in [2.75, 3.05) is 4.90 Å². The maximum absolute atomic E-state index is 6.26. The van der Waals surface area contributed by atoms with Gasteiger partial charge in [-0.2, -0.15) is 0 Å². The summed E-state index contributed by atoms with van der Waals surface area (Å²) in [5.74, 6) is 0. The first kappa shape index (κ1) is 68.9. The standard InChI is InChI=1S/C68H44N2.C46H28N2O/c1-4-18-45(19-5-1)47-32-34-48(35-33-47)66-54-25-10-11-26-55(54)67(56-39-36-49(42-58(56)66)46-20-6-2-7-21-46)51-38-41-63(69-44-51)50-37-40-60-57(43-50)53-24-12-13-27-59(53)68(60)61-28-14-16-30-64(61)70(52-22-8-3-9-23-52)65-31-17-15-29-62(65)68;1-2-8-29(9-3-1)33-14-17-38-41(25-33)45(30-20-22-47-23-21-30)36-12-6-7-13-37(36)46(38)35-15-18-42(48-28-35)34-16-19-43-39(26-34)40-24-31-10-4-5-11-32(31)27-44(40)49-43/h1-44H;1-28H. The molecule has 554 valence electrons. The van der Waals surface area contributed by atoms with E-state index in [4.69, 9.17) is 14.4 Å². The Morgan fingerprint density at radius 1 is 0.218 bits per heavy atom. The molecule has 1 spiro atoms. The molecule has 0 saturated heterocycles. The monoisotopic (exact) mass is 1510 g/mol. The maximum Gasteiger partial charge on any atom is 0.136 e. The van der Waals surface area contributed by atoms with Crippen LogP contribution in [0.15, 0.2) is 442 Å². The predicted molar refractivity (Wildman–Crippen MR) is 496 cm³/mol. The summed E-state index contributed by atoms with van der Waals surface area (Å²) in [5.41, 5.74) is 33.1. The third-order valence-corrected chi connectivity index (χ3v) is 24.7. The molecule has 5 heterocycles. The van der Waals surface area contributed by atoms with Crippen molar-refractivity contribution in [3.63, 3.8) is 0 Å². The number of para-hydroxylation sites is 3. The normalized spacial score (nSPS) is 12.4. The molecule has 0 amide bonds. The fourth-order valence-corrected chi connectivity index (χ4v) is 19.4. The number of anilines is 3. The zero-order valence-corrected chi connectivity index (χ0v) is 64.8. The topological polar surface area (TPSA) is 55.1 Å². The van der Waals surface area contributed by atoms with Gasteiger partial charge in [0.15, 0.2) is 0 Å². The van der Waals surface area contributed by atoms with E-state index in [2.05, 4.69) is 429 Å². The highest BCUT2D eigenvalue weighted by molar-refractivity contribution is 6.24. The summed E-state index contributed by atoms with van der Waals surface area (Å²) < 4.78 is 6.26. The van der Waals surface area contributed by atoms with Gasteiger partial charge in [-0.15, -0.1) is 0 Å². The van der Waals surface area contributed by atoms with Crippen molar-refractivity contribution in [2.24, 2.45) is 0 Å². The minimum absolute atomic E-state index is 0.501. The van der Waals surface area contributed by atoms with Crippen LogP contribution in [-0.4, -0.2) is 15.0 Å². The smallest absolute Gasteiger partial charge is 0.136 e. The highest BCUT2D eigenvalue weighted by Gasteiger charge is 2.51. The van der Waals surface area contributed by atoms with Crippen molar-refractivity contribution < 1.29 is 4.42 Å². The molecule has 1 aliphatic carbocycles. The molecular weight excluding hydrogens is 1440 g/mol. The number of furan rings is 1. The second-order valence-electron chi connectivity index (χ2n) is 31.2. The number of fused-ring (bicyclic) bond motifs is 17. The fraction of sp³-hybridized carbons (Fsp3) is 0.00877. The number of nitrogens with zero attached hydrogens (tertiary/aromatic N) is 4. The summed E-state index contributed by atoms with van der Waals surface area (Å²) in [4.78, 5) is 17.1. The molecule has 22 aromatic rings. The summed E-state index contributed by atoms with van der Waals surface area (Å²) in [7, 11) is 0. The average molecular weight is 1510 g/mol. The van der Waals surface area contributed by atoms with Gasteiger partial charge in [0.05, 0.1) is 28.2 Å². The van der Waals surface area contributed by atoms with Crippen LogP contribution in [0.5, 0.6) is 0 Å². The summed E-state index contributed by atoms with van der Waals surface area (Å²) in [5, 5.41) is 14.2. The number of rotatable bonds is 10. The van der Waals surface area contributed by atoms with Crippen LogP contribution >= 0.6 is 0 Å². The lowest BCUT2D eigenvalue weighted by atomic mass is 9.64. The van der Waals surface area contributed by atoms with Crippen LogP contribution in [0.4, 0.5) is 17.1 Å². The number of hydrogen-bond donors (Lipinski definition) is 0. The molecular formula is C114H72N4O. The lowest BCUT2D eigenvalue weighted by Gasteiger charge is -2.45. The average Bonchev–Trinajstić information content (AvgIpc) is 1.53. The first-order valence-electron chi connectivity index (χ1n) is 40.7. The Hall–Kier alpha value is -15.7. The van der Waals surface area contributed by atoms with E-state index < -0.39 is 5.41 Å². The van der Waals surface area contributed by atoms with Gasteiger partial charge in [0.2, 0.25) is 0 Å². The number of pyridine rings is 3. The first-order valence-corrected chi connectivity index (χ1v) is 40.7. The van der Waals surface area contributed by atoms with E-state index in [1.807, 2.05) is 18.6 Å². The highest BCUT2D eigenvalue weighted by Crippen LogP contribution is 2.64. The van der Waals surface area contributed by atoms with E-state index in [1.165, 1.54) is 160 Å². The SMILES string of the molecule is c1ccc(-c2ccc(-c3c4ccccc4c(-c4ccc(-c5ccc6c(c5)-c5ccccc5C65c6ccccc6N(c6ccccc6)c6ccccc65)nc4)c4ccc(-c5ccccc5)cc34)cc2)cc1.c1ccc(-c2ccc3c(-c4ccc(-c5ccc6oc7cc8ccccc8cc7c6c5)nc4)c4ccccc4c(-c4ccncc4)c3c2)cc1. The van der Waals surface area contributed by atoms with Crippen molar-refractivity contribution in [3.8, 4) is 112 Å².